The fourth-order valence-corrected chi connectivity index (χ4v) is 1.41. The van der Waals surface area contributed by atoms with Gasteiger partial charge < -0.3 is 10.1 Å². The van der Waals surface area contributed by atoms with E-state index in [2.05, 4.69) is 5.32 Å². The molecule has 0 unspecified atom stereocenters. The van der Waals surface area contributed by atoms with Gasteiger partial charge in [0, 0.05) is 6.08 Å². The number of rotatable bonds is 4. The minimum absolute atomic E-state index is 0.258. The summed E-state index contributed by atoms with van der Waals surface area (Å²) in [5.41, 5.74) is 1.70. The van der Waals surface area contributed by atoms with Crippen molar-refractivity contribution < 1.29 is 14.3 Å². The molecule has 96 valence electrons. The topological polar surface area (TPSA) is 55.4 Å². The van der Waals surface area contributed by atoms with Gasteiger partial charge in [0.2, 0.25) is 5.91 Å². The third kappa shape index (κ3) is 4.05. The molecule has 0 saturated carbocycles. The van der Waals surface area contributed by atoms with Crippen LogP contribution in [0.25, 0.3) is 0 Å². The van der Waals surface area contributed by atoms with Crippen molar-refractivity contribution in [1.82, 2.24) is 0 Å². The second kappa shape index (κ2) is 6.59. The second-order valence-electron chi connectivity index (χ2n) is 3.98. The van der Waals surface area contributed by atoms with E-state index in [9.17, 15) is 9.59 Å². The lowest BCUT2D eigenvalue weighted by molar-refractivity contribution is -0.111. The number of amides is 1. The molecule has 1 N–H and O–H groups in total. The number of hydrogen-bond donors (Lipinski definition) is 1. The van der Waals surface area contributed by atoms with Crippen LogP contribution in [0.5, 0.6) is 0 Å². The van der Waals surface area contributed by atoms with Crippen molar-refractivity contribution >= 4 is 17.6 Å². The van der Waals surface area contributed by atoms with Gasteiger partial charge in [-0.15, -0.1) is 0 Å². The Labute approximate surface area is 107 Å². The number of allylic oxidation sites excluding steroid dienone is 1. The van der Waals surface area contributed by atoms with Crippen LogP contribution in [0.4, 0.5) is 5.69 Å². The number of hydrogen-bond acceptors (Lipinski definition) is 3. The van der Waals surface area contributed by atoms with Gasteiger partial charge in [-0.25, -0.2) is 4.79 Å². The van der Waals surface area contributed by atoms with E-state index in [1.165, 1.54) is 6.08 Å². The summed E-state index contributed by atoms with van der Waals surface area (Å²) >= 11 is 0. The molecule has 18 heavy (non-hydrogen) atoms. The van der Waals surface area contributed by atoms with Crippen LogP contribution in [-0.2, 0) is 9.53 Å². The van der Waals surface area contributed by atoms with E-state index in [0.29, 0.717) is 17.9 Å². The van der Waals surface area contributed by atoms with Crippen LogP contribution in [-0.4, -0.2) is 18.5 Å². The maximum Gasteiger partial charge on any atom is 0.340 e. The van der Waals surface area contributed by atoms with Crippen molar-refractivity contribution in [2.75, 3.05) is 11.9 Å². The van der Waals surface area contributed by atoms with Crippen molar-refractivity contribution in [2.24, 2.45) is 0 Å². The molecule has 4 heteroatoms. The van der Waals surface area contributed by atoms with E-state index in [0.717, 1.165) is 5.57 Å². The van der Waals surface area contributed by atoms with Gasteiger partial charge in [-0.3, -0.25) is 4.79 Å². The highest BCUT2D eigenvalue weighted by Gasteiger charge is 2.12. The first-order valence-electron chi connectivity index (χ1n) is 5.76. The minimum atomic E-state index is -0.439. The Morgan fingerprint density at radius 1 is 1.28 bits per heavy atom. The smallest absolute Gasteiger partial charge is 0.340 e. The molecule has 0 saturated heterocycles. The fraction of sp³-hybridized carbons (Fsp3) is 0.286. The molecule has 1 rings (SSSR count). The Morgan fingerprint density at radius 3 is 2.56 bits per heavy atom. The first-order valence-corrected chi connectivity index (χ1v) is 5.76. The number of carbonyl (C=O) groups is 2. The van der Waals surface area contributed by atoms with E-state index in [1.54, 1.807) is 31.2 Å². The van der Waals surface area contributed by atoms with Crippen LogP contribution < -0.4 is 5.32 Å². The van der Waals surface area contributed by atoms with Crippen molar-refractivity contribution in [3.8, 4) is 0 Å². The average molecular weight is 247 g/mol. The summed E-state index contributed by atoms with van der Waals surface area (Å²) in [6.07, 6.45) is 1.47. The van der Waals surface area contributed by atoms with Crippen molar-refractivity contribution in [1.29, 1.82) is 0 Å². The van der Waals surface area contributed by atoms with Gasteiger partial charge in [0.15, 0.2) is 0 Å². The zero-order valence-electron chi connectivity index (χ0n) is 10.8. The summed E-state index contributed by atoms with van der Waals surface area (Å²) in [5.74, 6) is -0.697. The van der Waals surface area contributed by atoms with Gasteiger partial charge in [-0.2, -0.15) is 0 Å². The number of benzene rings is 1. The predicted molar refractivity (Wildman–Crippen MR) is 70.5 cm³/mol. The van der Waals surface area contributed by atoms with Crippen LogP contribution in [0.15, 0.2) is 35.9 Å². The van der Waals surface area contributed by atoms with Gasteiger partial charge in [0.05, 0.1) is 17.9 Å². The van der Waals surface area contributed by atoms with Crippen LogP contribution in [0.1, 0.15) is 31.1 Å². The Morgan fingerprint density at radius 2 is 1.94 bits per heavy atom. The summed E-state index contributed by atoms with van der Waals surface area (Å²) in [4.78, 5) is 23.3. The second-order valence-corrected chi connectivity index (χ2v) is 3.98. The molecule has 0 spiro atoms. The maximum absolute atomic E-state index is 11.7. The molecule has 0 aliphatic rings. The van der Waals surface area contributed by atoms with E-state index in [1.807, 2.05) is 13.8 Å². The molecule has 1 amide bonds. The molecule has 0 heterocycles. The number of anilines is 1. The third-order valence-corrected chi connectivity index (χ3v) is 2.10. The van der Waals surface area contributed by atoms with Gasteiger partial charge in [0.25, 0.3) is 0 Å². The van der Waals surface area contributed by atoms with Crippen molar-refractivity contribution in [2.45, 2.75) is 20.8 Å². The summed E-state index contributed by atoms with van der Waals surface area (Å²) in [6, 6.07) is 6.77. The Balaban J connectivity index is 2.92. The highest BCUT2D eigenvalue weighted by molar-refractivity contribution is 6.05. The lowest BCUT2D eigenvalue weighted by Crippen LogP contribution is -2.14. The highest BCUT2D eigenvalue weighted by atomic mass is 16.5. The summed E-state index contributed by atoms with van der Waals surface area (Å²) in [7, 11) is 0. The first-order chi connectivity index (χ1) is 8.54. The van der Waals surface area contributed by atoms with E-state index >= 15 is 0 Å². The quantitative estimate of drug-likeness (QED) is 0.657. The van der Waals surface area contributed by atoms with Crippen LogP contribution in [0.3, 0.4) is 0 Å². The van der Waals surface area contributed by atoms with E-state index in [4.69, 9.17) is 4.74 Å². The number of para-hydroxylation sites is 1. The van der Waals surface area contributed by atoms with E-state index in [-0.39, 0.29) is 5.91 Å². The van der Waals surface area contributed by atoms with Crippen LogP contribution in [0, 0.1) is 0 Å². The van der Waals surface area contributed by atoms with Crippen molar-refractivity contribution in [3.05, 3.63) is 41.5 Å². The SMILES string of the molecule is CCOC(=O)c1ccccc1NC(=O)C=C(C)C. The lowest BCUT2D eigenvalue weighted by Gasteiger charge is -2.08. The Hall–Kier alpha value is -2.10. The predicted octanol–water partition coefficient (Wildman–Crippen LogP) is 2.77. The van der Waals surface area contributed by atoms with Gasteiger partial charge in [0.1, 0.15) is 0 Å². The molecular formula is C14H17NO3. The van der Waals surface area contributed by atoms with Crippen LogP contribution >= 0.6 is 0 Å². The minimum Gasteiger partial charge on any atom is -0.462 e. The third-order valence-electron chi connectivity index (χ3n) is 2.10. The number of carbonyl (C=O) groups excluding carboxylic acids is 2. The maximum atomic E-state index is 11.7. The zero-order chi connectivity index (χ0) is 13.5. The van der Waals surface area contributed by atoms with Gasteiger partial charge in [-0.05, 0) is 32.9 Å². The highest BCUT2D eigenvalue weighted by Crippen LogP contribution is 2.16. The molecule has 0 atom stereocenters. The molecule has 0 bridgehead atoms. The zero-order valence-corrected chi connectivity index (χ0v) is 10.8. The van der Waals surface area contributed by atoms with Gasteiger partial charge in [-0.1, -0.05) is 17.7 Å². The van der Waals surface area contributed by atoms with Gasteiger partial charge >= 0.3 is 5.97 Å². The Kier molecular flexibility index (Phi) is 5.11. The molecule has 0 radical (unpaired) electrons. The Bertz CT molecular complexity index is 474. The van der Waals surface area contributed by atoms with Crippen molar-refractivity contribution in [3.63, 3.8) is 0 Å². The number of nitrogens with one attached hydrogen (secondary N) is 1. The average Bonchev–Trinajstić information content (AvgIpc) is 2.28. The molecular weight excluding hydrogens is 230 g/mol. The molecule has 0 aliphatic heterocycles. The molecule has 1 aromatic carbocycles. The molecule has 4 nitrogen and oxygen atoms in total. The largest absolute Gasteiger partial charge is 0.462 e. The molecule has 1 aromatic rings. The summed E-state index contributed by atoms with van der Waals surface area (Å²) in [6.45, 7) is 5.70. The van der Waals surface area contributed by atoms with E-state index < -0.39 is 5.97 Å². The summed E-state index contributed by atoms with van der Waals surface area (Å²) in [5, 5.41) is 2.67. The fourth-order valence-electron chi connectivity index (χ4n) is 1.41. The number of ether oxygens (including phenoxy) is 1. The molecule has 0 aliphatic carbocycles. The monoisotopic (exact) mass is 247 g/mol. The normalized spacial score (nSPS) is 9.50. The molecule has 0 fully saturated rings. The van der Waals surface area contributed by atoms with Crippen LogP contribution in [0.2, 0.25) is 0 Å². The number of esters is 1. The first kappa shape index (κ1) is 14.0. The lowest BCUT2D eigenvalue weighted by atomic mass is 10.1. The standard InChI is InChI=1S/C14H17NO3/c1-4-18-14(17)11-7-5-6-8-12(11)15-13(16)9-10(2)3/h5-9H,4H2,1-3H3,(H,15,16). The summed E-state index contributed by atoms with van der Waals surface area (Å²) < 4.78 is 4.93. The molecule has 0 aromatic heterocycles.